The van der Waals surface area contributed by atoms with Gasteiger partial charge in [-0.2, -0.15) is 0 Å². The van der Waals surface area contributed by atoms with Crippen LogP contribution in [0, 0.1) is 5.82 Å². The number of benzene rings is 4. The maximum atomic E-state index is 16.1. The molecule has 2 aliphatic heterocycles. The molecular weight excluding hydrogens is 798 g/mol. The van der Waals surface area contributed by atoms with Crippen molar-refractivity contribution in [3.8, 4) is 11.3 Å². The Morgan fingerprint density at radius 2 is 1.21 bits per heavy atom. The molecule has 3 heterocycles. The van der Waals surface area contributed by atoms with Crippen LogP contribution in [0.3, 0.4) is 0 Å². The second-order valence-corrected chi connectivity index (χ2v) is 16.3. The number of ether oxygens (including phenoxy) is 1. The quantitative estimate of drug-likeness (QED) is 0.0807. The molecule has 2 saturated heterocycles. The fourth-order valence-electron chi connectivity index (χ4n) is 7.96. The van der Waals surface area contributed by atoms with Crippen molar-refractivity contribution < 1.29 is 43.0 Å². The minimum absolute atomic E-state index is 0.184. The number of alkyl carbamates (subject to hydrolysis) is 1. The van der Waals surface area contributed by atoms with Gasteiger partial charge in [0.1, 0.15) is 29.8 Å². The predicted molar refractivity (Wildman–Crippen MR) is 229 cm³/mol. The zero-order chi connectivity index (χ0) is 44.1. The summed E-state index contributed by atoms with van der Waals surface area (Å²) >= 11 is 0. The molecule has 16 heteroatoms. The Morgan fingerprint density at radius 3 is 1.73 bits per heavy atom. The first-order valence-electron chi connectivity index (χ1n) is 20.4. The average Bonchev–Trinajstić information content (AvgIpc) is 4.02. The Balaban J connectivity index is 1.01. The topological polar surface area (TPSA) is 202 Å². The molecule has 62 heavy (non-hydrogen) atoms. The molecule has 15 nitrogen and oxygen atoms in total. The molecule has 6 amide bonds. The molecule has 1 aromatic heterocycles. The zero-order valence-corrected chi connectivity index (χ0v) is 34.4. The van der Waals surface area contributed by atoms with Gasteiger partial charge in [0, 0.05) is 40.9 Å². The number of amides is 6. The number of hydrogen-bond acceptors (Lipinski definition) is 7. The number of carboxylic acid groups (broad SMARTS) is 1. The normalized spacial score (nSPS) is 17.2. The molecular formula is C46H48FN7O8. The van der Waals surface area contributed by atoms with E-state index in [1.165, 1.54) is 15.9 Å². The third-order valence-corrected chi connectivity index (χ3v) is 10.8. The molecule has 5 aromatic rings. The van der Waals surface area contributed by atoms with Gasteiger partial charge in [-0.05, 0) is 87.9 Å². The summed E-state index contributed by atoms with van der Waals surface area (Å²) in [5, 5.41) is 20.3. The summed E-state index contributed by atoms with van der Waals surface area (Å²) in [6.07, 6.45) is -0.218. The van der Waals surface area contributed by atoms with Crippen LogP contribution in [0.15, 0.2) is 103 Å². The third kappa shape index (κ3) is 9.70. The molecule has 0 aliphatic carbocycles. The Kier molecular flexibility index (Phi) is 12.6. The predicted octanol–water partition coefficient (Wildman–Crippen LogP) is 7.11. The first kappa shape index (κ1) is 42.9. The van der Waals surface area contributed by atoms with Gasteiger partial charge >= 0.3 is 12.2 Å². The number of fused-ring (bicyclic) bond motifs is 1. The van der Waals surface area contributed by atoms with E-state index in [0.29, 0.717) is 65.8 Å². The van der Waals surface area contributed by atoms with Gasteiger partial charge in [-0.1, -0.05) is 72.8 Å². The lowest BCUT2D eigenvalue weighted by Gasteiger charge is -2.29. The van der Waals surface area contributed by atoms with Crippen molar-refractivity contribution in [3.63, 3.8) is 0 Å². The second kappa shape index (κ2) is 18.2. The van der Waals surface area contributed by atoms with Crippen LogP contribution in [0.5, 0.6) is 0 Å². The first-order valence-corrected chi connectivity index (χ1v) is 20.4. The Morgan fingerprint density at radius 1 is 0.710 bits per heavy atom. The first-order chi connectivity index (χ1) is 29.7. The third-order valence-electron chi connectivity index (χ3n) is 10.8. The zero-order valence-electron chi connectivity index (χ0n) is 34.4. The molecule has 4 atom stereocenters. The molecule has 4 aromatic carbocycles. The smallest absolute Gasteiger partial charge is 0.408 e. The van der Waals surface area contributed by atoms with E-state index < -0.39 is 71.4 Å². The van der Waals surface area contributed by atoms with E-state index in [-0.39, 0.29) is 17.6 Å². The number of halogens is 1. The molecule has 0 saturated carbocycles. The van der Waals surface area contributed by atoms with Crippen LogP contribution in [0.4, 0.5) is 25.4 Å². The van der Waals surface area contributed by atoms with Crippen LogP contribution < -0.4 is 21.3 Å². The SMILES string of the molecule is CC(C)(C)OC(=O)NC(C(=O)N1CCCC1C(=O)Nc1ccc2[nH]c(-c3ccc(NC(=O)[C@@H]4CCCN4C(=O)[C@H](NC(=O)O)c4ccccc4)cc3)c(F)c2c1)c1ccccc1. The molecule has 0 bridgehead atoms. The highest BCUT2D eigenvalue weighted by Crippen LogP contribution is 2.33. The number of carbonyl (C=O) groups is 6. The lowest BCUT2D eigenvalue weighted by atomic mass is 10.0. The van der Waals surface area contributed by atoms with E-state index in [2.05, 4.69) is 26.3 Å². The van der Waals surface area contributed by atoms with Crippen molar-refractivity contribution in [1.29, 1.82) is 0 Å². The monoisotopic (exact) mass is 845 g/mol. The molecule has 0 radical (unpaired) electrons. The van der Waals surface area contributed by atoms with Crippen LogP contribution in [-0.2, 0) is 23.9 Å². The lowest BCUT2D eigenvalue weighted by Crippen LogP contribution is -2.49. The van der Waals surface area contributed by atoms with Crippen molar-refractivity contribution in [2.75, 3.05) is 23.7 Å². The van der Waals surface area contributed by atoms with Gasteiger partial charge in [-0.25, -0.2) is 14.0 Å². The minimum atomic E-state index is -1.36. The highest BCUT2D eigenvalue weighted by molar-refractivity contribution is 6.01. The Labute approximate surface area is 357 Å². The number of nitrogens with one attached hydrogen (secondary N) is 5. The van der Waals surface area contributed by atoms with Gasteiger partial charge in [0.2, 0.25) is 11.8 Å². The standard InChI is InChI=1S/C46H48FN7O8/c1-46(2,3)62-45(61)52-39(28-14-8-5-9-15-28)43(58)54-25-11-17-35(54)41(56)49-31-22-23-33-32(26-31)36(47)37(50-33)29-18-20-30(21-19-29)48-40(55)34-16-10-24-53(34)42(57)38(51-44(59)60)27-12-6-4-7-13-27/h4-9,12-15,18-23,26,34-35,38-39,50-51H,10-11,16-17,24-25H2,1-3H3,(H,48,55)(H,49,56)(H,52,61)(H,59,60)/t34-,35?,38+,39?/m0/s1. The van der Waals surface area contributed by atoms with Crippen molar-refractivity contribution in [3.05, 3.63) is 120 Å². The molecule has 7 rings (SSSR count). The fraction of sp³-hybridized carbons (Fsp3) is 0.304. The molecule has 2 fully saturated rings. The highest BCUT2D eigenvalue weighted by atomic mass is 19.1. The molecule has 2 unspecified atom stereocenters. The van der Waals surface area contributed by atoms with Crippen molar-refractivity contribution in [2.24, 2.45) is 0 Å². The van der Waals surface area contributed by atoms with Gasteiger partial charge in [0.05, 0.1) is 5.69 Å². The van der Waals surface area contributed by atoms with Crippen LogP contribution in [0.2, 0.25) is 0 Å². The van der Waals surface area contributed by atoms with Crippen LogP contribution in [-0.4, -0.2) is 86.5 Å². The van der Waals surface area contributed by atoms with E-state index in [0.717, 1.165) is 0 Å². The van der Waals surface area contributed by atoms with E-state index in [9.17, 15) is 33.9 Å². The summed E-state index contributed by atoms with van der Waals surface area (Å²) in [4.78, 5) is 85.1. The summed E-state index contributed by atoms with van der Waals surface area (Å²) in [6.45, 7) is 5.75. The van der Waals surface area contributed by atoms with Crippen LogP contribution >= 0.6 is 0 Å². The fourth-order valence-corrected chi connectivity index (χ4v) is 7.96. The number of aromatic nitrogens is 1. The second-order valence-electron chi connectivity index (χ2n) is 16.3. The number of anilines is 2. The number of nitrogens with zero attached hydrogens (tertiary/aromatic N) is 2. The van der Waals surface area contributed by atoms with Crippen molar-refractivity contribution in [2.45, 2.75) is 76.2 Å². The van der Waals surface area contributed by atoms with Crippen molar-refractivity contribution in [1.82, 2.24) is 25.4 Å². The summed E-state index contributed by atoms with van der Waals surface area (Å²) in [5.74, 6) is -2.43. The summed E-state index contributed by atoms with van der Waals surface area (Å²) < 4.78 is 21.5. The maximum absolute atomic E-state index is 16.1. The summed E-state index contributed by atoms with van der Waals surface area (Å²) in [6, 6.07) is 24.5. The molecule has 2 aliphatic rings. The van der Waals surface area contributed by atoms with Crippen molar-refractivity contribution >= 4 is 58.1 Å². The van der Waals surface area contributed by atoms with E-state index in [1.54, 1.807) is 118 Å². The molecule has 6 N–H and O–H groups in total. The minimum Gasteiger partial charge on any atom is -0.465 e. The van der Waals surface area contributed by atoms with Crippen LogP contribution in [0.1, 0.15) is 69.7 Å². The van der Waals surface area contributed by atoms with E-state index >= 15 is 4.39 Å². The highest BCUT2D eigenvalue weighted by Gasteiger charge is 2.40. The van der Waals surface area contributed by atoms with Gasteiger partial charge in [-0.3, -0.25) is 19.2 Å². The van der Waals surface area contributed by atoms with Gasteiger partial charge in [0.15, 0.2) is 5.82 Å². The number of aromatic amines is 1. The number of rotatable bonds is 11. The molecule has 322 valence electrons. The molecule has 0 spiro atoms. The number of H-pyrrole nitrogens is 1. The lowest BCUT2D eigenvalue weighted by molar-refractivity contribution is -0.138. The Hall–Kier alpha value is -7.23. The van der Waals surface area contributed by atoms with E-state index in [4.69, 9.17) is 4.74 Å². The maximum Gasteiger partial charge on any atom is 0.408 e. The van der Waals surface area contributed by atoms with E-state index in [1.807, 2.05) is 0 Å². The van der Waals surface area contributed by atoms with Gasteiger partial charge in [0.25, 0.3) is 11.8 Å². The van der Waals surface area contributed by atoms with Crippen LogP contribution in [0.25, 0.3) is 22.2 Å². The Bertz CT molecular complexity index is 2470. The average molecular weight is 846 g/mol. The number of carbonyl (C=O) groups excluding carboxylic acids is 5. The number of hydrogen-bond donors (Lipinski definition) is 6. The summed E-state index contributed by atoms with van der Waals surface area (Å²) in [5.41, 5.74) is 2.08. The number of likely N-dealkylation sites (tertiary alicyclic amines) is 2. The largest absolute Gasteiger partial charge is 0.465 e. The van der Waals surface area contributed by atoms with Gasteiger partial charge in [-0.15, -0.1) is 0 Å². The summed E-state index contributed by atoms with van der Waals surface area (Å²) in [7, 11) is 0. The van der Waals surface area contributed by atoms with Gasteiger partial charge < -0.3 is 45.9 Å².